The van der Waals surface area contributed by atoms with E-state index >= 15 is 0 Å². The molecule has 1 amide bonds. The van der Waals surface area contributed by atoms with Crippen molar-refractivity contribution in [3.05, 3.63) is 41.1 Å². The van der Waals surface area contributed by atoms with Crippen LogP contribution >= 0.6 is 0 Å². The van der Waals surface area contributed by atoms with Gasteiger partial charge in [0.15, 0.2) is 0 Å². The molecule has 0 radical (unpaired) electrons. The van der Waals surface area contributed by atoms with E-state index in [2.05, 4.69) is 4.99 Å². The van der Waals surface area contributed by atoms with Gasteiger partial charge < -0.3 is 19.1 Å². The third-order valence-corrected chi connectivity index (χ3v) is 4.48. The Balaban J connectivity index is 2.59. The van der Waals surface area contributed by atoms with E-state index in [9.17, 15) is 14.4 Å². The van der Waals surface area contributed by atoms with Crippen molar-refractivity contribution in [1.82, 2.24) is 4.90 Å². The number of nitrogens with zero attached hydrogens (tertiary/aromatic N) is 2. The van der Waals surface area contributed by atoms with Gasteiger partial charge in [0.25, 0.3) is 0 Å². The maximum Gasteiger partial charge on any atom is 0.414 e. The average Bonchev–Trinajstić information content (AvgIpc) is 2.66. The predicted octanol–water partition coefficient (Wildman–Crippen LogP) is 2.54. The molecular formula is C20H24N2O6. The fraction of sp³-hybridized carbons (Fsp3) is 0.400. The number of methoxy groups -OCH3 is 2. The Hall–Kier alpha value is -3.16. The highest BCUT2D eigenvalue weighted by molar-refractivity contribution is 6.06. The number of carbonyl (C=O) groups is 3. The number of hydrogen-bond acceptors (Lipinski definition) is 7. The molecule has 8 heteroatoms. The second-order valence-electron chi connectivity index (χ2n) is 6.56. The van der Waals surface area contributed by atoms with Gasteiger partial charge in [0.05, 0.1) is 19.8 Å². The molecule has 1 aliphatic rings. The summed E-state index contributed by atoms with van der Waals surface area (Å²) < 4.78 is 15.2. The van der Waals surface area contributed by atoms with Crippen molar-refractivity contribution in [3.8, 4) is 5.75 Å². The van der Waals surface area contributed by atoms with Crippen LogP contribution < -0.4 is 4.74 Å². The molecule has 150 valence electrons. The van der Waals surface area contributed by atoms with E-state index in [-0.39, 0.29) is 5.57 Å². The first-order valence-corrected chi connectivity index (χ1v) is 8.62. The first-order chi connectivity index (χ1) is 13.2. The van der Waals surface area contributed by atoms with Crippen LogP contribution in [0.5, 0.6) is 5.75 Å². The summed E-state index contributed by atoms with van der Waals surface area (Å²) in [4.78, 5) is 42.5. The lowest BCUT2D eigenvalue weighted by Crippen LogP contribution is -2.36. The molecule has 8 nitrogen and oxygen atoms in total. The zero-order chi connectivity index (χ0) is 21.0. The number of amides is 1. The molecule has 2 unspecified atom stereocenters. The van der Waals surface area contributed by atoms with E-state index in [1.165, 1.54) is 19.1 Å². The topological polar surface area (TPSA) is 94.5 Å². The Kier molecular flexibility index (Phi) is 6.56. The second kappa shape index (κ2) is 8.69. The van der Waals surface area contributed by atoms with Gasteiger partial charge in [0.1, 0.15) is 11.7 Å². The molecular weight excluding hydrogens is 364 g/mol. The Labute approximate surface area is 163 Å². The smallest absolute Gasteiger partial charge is 0.414 e. The maximum absolute atomic E-state index is 12.5. The van der Waals surface area contributed by atoms with Crippen LogP contribution in [-0.2, 0) is 19.1 Å². The number of aliphatic imine (C=N–C) groups is 1. The summed E-state index contributed by atoms with van der Waals surface area (Å²) in [6.45, 7) is 3.40. The molecule has 1 aromatic rings. The summed E-state index contributed by atoms with van der Waals surface area (Å²) in [6, 6.07) is 6.68. The van der Waals surface area contributed by atoms with Gasteiger partial charge in [-0.2, -0.15) is 0 Å². The molecule has 1 heterocycles. The fourth-order valence-corrected chi connectivity index (χ4v) is 3.17. The van der Waals surface area contributed by atoms with E-state index in [4.69, 9.17) is 14.2 Å². The van der Waals surface area contributed by atoms with Crippen molar-refractivity contribution < 1.29 is 28.6 Å². The Morgan fingerprint density at radius 3 is 2.32 bits per heavy atom. The molecule has 0 spiro atoms. The highest BCUT2D eigenvalue weighted by Crippen LogP contribution is 2.40. The summed E-state index contributed by atoms with van der Waals surface area (Å²) in [7, 11) is 5.70. The van der Waals surface area contributed by atoms with Crippen LogP contribution in [0.1, 0.15) is 25.3 Å². The first-order valence-electron chi connectivity index (χ1n) is 8.62. The van der Waals surface area contributed by atoms with Gasteiger partial charge in [-0.25, -0.2) is 9.59 Å². The molecule has 2 atom stereocenters. The Morgan fingerprint density at radius 2 is 1.75 bits per heavy atom. The van der Waals surface area contributed by atoms with Gasteiger partial charge >= 0.3 is 18.0 Å². The zero-order valence-electron chi connectivity index (χ0n) is 16.8. The number of benzene rings is 1. The number of rotatable bonds is 4. The molecule has 0 fully saturated rings. The molecule has 0 aliphatic carbocycles. The number of allylic oxidation sites excluding steroid dienone is 1. The molecule has 1 aromatic carbocycles. The lowest BCUT2D eigenvalue weighted by molar-refractivity contribution is -0.143. The number of esters is 2. The summed E-state index contributed by atoms with van der Waals surface area (Å²) in [5, 5.41) is 0. The number of carbonyl (C=O) groups excluding carboxylic acids is 3. The quantitative estimate of drug-likeness (QED) is 0.736. The van der Waals surface area contributed by atoms with Gasteiger partial charge in [-0.3, -0.25) is 9.79 Å². The van der Waals surface area contributed by atoms with Crippen molar-refractivity contribution in [2.75, 3.05) is 28.3 Å². The van der Waals surface area contributed by atoms with Crippen LogP contribution in [0.25, 0.3) is 0 Å². The highest BCUT2D eigenvalue weighted by Gasteiger charge is 2.42. The third-order valence-electron chi connectivity index (χ3n) is 4.48. The van der Waals surface area contributed by atoms with Gasteiger partial charge in [-0.05, 0) is 31.5 Å². The fourth-order valence-electron chi connectivity index (χ4n) is 3.17. The SMILES string of the molecule is COC(=O)C1=C(C)N=C(C)C(C(=O)OC)C1c1cccc(OC(=O)N(C)C)c1. The summed E-state index contributed by atoms with van der Waals surface area (Å²) in [6.07, 6.45) is -0.539. The van der Waals surface area contributed by atoms with Crippen molar-refractivity contribution in [2.45, 2.75) is 19.8 Å². The normalized spacial score (nSPS) is 18.9. The molecule has 28 heavy (non-hydrogen) atoms. The van der Waals surface area contributed by atoms with E-state index in [1.807, 2.05) is 0 Å². The van der Waals surface area contributed by atoms with E-state index < -0.39 is 29.9 Å². The van der Waals surface area contributed by atoms with Crippen molar-refractivity contribution in [3.63, 3.8) is 0 Å². The van der Waals surface area contributed by atoms with Gasteiger partial charge in [-0.15, -0.1) is 0 Å². The standard InChI is InChI=1S/C20H24N2O6/c1-11-15(18(23)26-5)17(16(12(2)21-11)19(24)27-6)13-8-7-9-14(10-13)28-20(25)22(3)4/h7-10,15,17H,1-6H3. The van der Waals surface area contributed by atoms with Crippen molar-refractivity contribution in [2.24, 2.45) is 10.9 Å². The molecule has 0 saturated carbocycles. The van der Waals surface area contributed by atoms with E-state index in [0.29, 0.717) is 22.7 Å². The monoisotopic (exact) mass is 388 g/mol. The molecule has 0 aromatic heterocycles. The number of ether oxygens (including phenoxy) is 3. The molecule has 1 aliphatic heterocycles. The molecule has 0 bridgehead atoms. The zero-order valence-corrected chi connectivity index (χ0v) is 16.8. The summed E-state index contributed by atoms with van der Waals surface area (Å²) in [5.74, 6) is -2.29. The summed E-state index contributed by atoms with van der Waals surface area (Å²) >= 11 is 0. The third kappa shape index (κ3) is 4.21. The van der Waals surface area contributed by atoms with Gasteiger partial charge in [0.2, 0.25) is 0 Å². The van der Waals surface area contributed by atoms with Crippen LogP contribution in [0.2, 0.25) is 0 Å². The summed E-state index contributed by atoms with van der Waals surface area (Å²) in [5.41, 5.74) is 1.86. The van der Waals surface area contributed by atoms with E-state index in [1.54, 1.807) is 52.2 Å². The first kappa shape index (κ1) is 21.1. The van der Waals surface area contributed by atoms with Crippen LogP contribution in [0.4, 0.5) is 4.79 Å². The van der Waals surface area contributed by atoms with Crippen molar-refractivity contribution >= 4 is 23.7 Å². The maximum atomic E-state index is 12.5. The minimum absolute atomic E-state index is 0.264. The largest absolute Gasteiger partial charge is 0.468 e. The van der Waals surface area contributed by atoms with Gasteiger partial charge in [-0.1, -0.05) is 12.1 Å². The van der Waals surface area contributed by atoms with Gasteiger partial charge in [0, 0.05) is 31.4 Å². The molecule has 2 rings (SSSR count). The number of hydrogen-bond donors (Lipinski definition) is 0. The van der Waals surface area contributed by atoms with Crippen molar-refractivity contribution in [1.29, 1.82) is 0 Å². The lowest BCUT2D eigenvalue weighted by atomic mass is 9.75. The minimum Gasteiger partial charge on any atom is -0.468 e. The minimum atomic E-state index is -0.803. The van der Waals surface area contributed by atoms with E-state index in [0.717, 1.165) is 0 Å². The van der Waals surface area contributed by atoms with Crippen LogP contribution in [0.15, 0.2) is 40.5 Å². The van der Waals surface area contributed by atoms with Crippen LogP contribution in [0, 0.1) is 5.92 Å². The predicted molar refractivity (Wildman–Crippen MR) is 102 cm³/mol. The van der Waals surface area contributed by atoms with Crippen LogP contribution in [0.3, 0.4) is 0 Å². The lowest BCUT2D eigenvalue weighted by Gasteiger charge is -2.31. The Bertz CT molecular complexity index is 856. The van der Waals surface area contributed by atoms with Crippen LogP contribution in [-0.4, -0.2) is 57.0 Å². The Morgan fingerprint density at radius 1 is 1.07 bits per heavy atom. The second-order valence-corrected chi connectivity index (χ2v) is 6.56. The highest BCUT2D eigenvalue weighted by atomic mass is 16.6. The molecule has 0 N–H and O–H groups in total. The molecule has 0 saturated heterocycles. The average molecular weight is 388 g/mol.